The monoisotopic (exact) mass is 438 g/mol. The van der Waals surface area contributed by atoms with Crippen LogP contribution in [0.3, 0.4) is 0 Å². The molecule has 0 bridgehead atoms. The maximum Gasteiger partial charge on any atom is 0.337 e. The molecule has 160 valence electrons. The van der Waals surface area contributed by atoms with Crippen LogP contribution in [0.15, 0.2) is 30.3 Å². The number of amides is 1. The van der Waals surface area contributed by atoms with Crippen molar-refractivity contribution in [2.24, 2.45) is 0 Å². The molecule has 2 aromatic rings. The zero-order chi connectivity index (χ0) is 22.2. The van der Waals surface area contributed by atoms with Gasteiger partial charge in [-0.25, -0.2) is 9.59 Å². The molecule has 1 N–H and O–H groups in total. The Kier molecular flexibility index (Phi) is 7.57. The number of esters is 2. The van der Waals surface area contributed by atoms with Gasteiger partial charge in [0, 0.05) is 11.0 Å². The number of fused-ring (bicyclic) bond motifs is 1. The fraction of sp³-hybridized carbons (Fsp3) is 0.304. The van der Waals surface area contributed by atoms with Crippen molar-refractivity contribution in [3.05, 3.63) is 57.5 Å². The number of ether oxygens (including phenoxy) is 2. The van der Waals surface area contributed by atoms with Gasteiger partial charge in [0.05, 0.1) is 18.2 Å². The van der Waals surface area contributed by atoms with Gasteiger partial charge in [-0.05, 0) is 55.0 Å². The zero-order valence-electron chi connectivity index (χ0n) is 17.1. The molecule has 0 unspecified atom stereocenters. The number of methoxy groups -OCH3 is 1. The number of hydrogen-bond donors (Lipinski definition) is 1. The fourth-order valence-electron chi connectivity index (χ4n) is 3.31. The summed E-state index contributed by atoms with van der Waals surface area (Å²) in [4.78, 5) is 36.7. The van der Waals surface area contributed by atoms with Crippen LogP contribution in [0, 0.1) is 11.3 Å². The Morgan fingerprint density at radius 1 is 1.16 bits per heavy atom. The summed E-state index contributed by atoms with van der Waals surface area (Å²) in [6.07, 6.45) is 7.77. The van der Waals surface area contributed by atoms with Crippen molar-refractivity contribution in [2.75, 3.05) is 19.0 Å². The van der Waals surface area contributed by atoms with Crippen LogP contribution in [-0.2, 0) is 31.9 Å². The van der Waals surface area contributed by atoms with Gasteiger partial charge in [-0.1, -0.05) is 18.6 Å². The van der Waals surface area contributed by atoms with E-state index in [1.807, 2.05) is 0 Å². The van der Waals surface area contributed by atoms with E-state index in [4.69, 9.17) is 4.74 Å². The minimum atomic E-state index is -0.672. The summed E-state index contributed by atoms with van der Waals surface area (Å²) < 4.78 is 9.61. The van der Waals surface area contributed by atoms with Gasteiger partial charge >= 0.3 is 11.9 Å². The molecule has 1 aliphatic rings. The number of carbonyl (C=O) groups excluding carboxylic acids is 3. The summed E-state index contributed by atoms with van der Waals surface area (Å²) in [6, 6.07) is 8.69. The SMILES string of the molecule is COC(=O)c1ccc(/C=C/C(=O)OCC(=O)Nc2sc3c(c2C#N)CCCCC3)cc1. The van der Waals surface area contributed by atoms with Gasteiger partial charge in [0.2, 0.25) is 0 Å². The van der Waals surface area contributed by atoms with E-state index < -0.39 is 24.5 Å². The first-order valence-electron chi connectivity index (χ1n) is 9.89. The lowest BCUT2D eigenvalue weighted by molar-refractivity contribution is -0.142. The number of nitrogens with zero attached hydrogens (tertiary/aromatic N) is 1. The summed E-state index contributed by atoms with van der Waals surface area (Å²) in [5.41, 5.74) is 2.66. The smallest absolute Gasteiger partial charge is 0.337 e. The second kappa shape index (κ2) is 10.5. The number of carbonyl (C=O) groups is 3. The number of hydrogen-bond acceptors (Lipinski definition) is 7. The molecule has 1 heterocycles. The number of thiophene rings is 1. The molecule has 8 heteroatoms. The summed E-state index contributed by atoms with van der Waals surface area (Å²) in [5.74, 6) is -1.60. The molecular formula is C23H22N2O5S. The van der Waals surface area contributed by atoms with Crippen LogP contribution < -0.4 is 5.32 Å². The Morgan fingerprint density at radius 3 is 2.61 bits per heavy atom. The van der Waals surface area contributed by atoms with Crippen molar-refractivity contribution >= 4 is 40.3 Å². The average molecular weight is 439 g/mol. The molecule has 0 saturated heterocycles. The van der Waals surface area contributed by atoms with Crippen LogP contribution in [-0.4, -0.2) is 31.6 Å². The zero-order valence-corrected chi connectivity index (χ0v) is 17.9. The highest BCUT2D eigenvalue weighted by Gasteiger charge is 2.21. The summed E-state index contributed by atoms with van der Waals surface area (Å²) >= 11 is 1.43. The van der Waals surface area contributed by atoms with E-state index in [0.717, 1.165) is 42.5 Å². The first-order valence-corrected chi connectivity index (χ1v) is 10.7. The standard InChI is InChI=1S/C23H22N2O5S/c1-29-23(28)16-10-7-15(8-11-16)9-12-21(27)30-14-20(26)25-22-18(13-24)17-5-3-2-4-6-19(17)31-22/h7-12H,2-6,14H2,1H3,(H,25,26)/b12-9+. The van der Waals surface area contributed by atoms with Crippen LogP contribution in [0.25, 0.3) is 6.08 Å². The Balaban J connectivity index is 1.53. The Bertz CT molecular complexity index is 1050. The van der Waals surface area contributed by atoms with E-state index in [-0.39, 0.29) is 0 Å². The number of aryl methyl sites for hydroxylation is 1. The summed E-state index contributed by atoms with van der Waals surface area (Å²) in [7, 11) is 1.30. The molecule has 3 rings (SSSR count). The van der Waals surface area contributed by atoms with Crippen LogP contribution >= 0.6 is 11.3 Å². The lowest BCUT2D eigenvalue weighted by Crippen LogP contribution is -2.20. The second-order valence-electron chi connectivity index (χ2n) is 6.98. The lowest BCUT2D eigenvalue weighted by atomic mass is 10.1. The highest BCUT2D eigenvalue weighted by Crippen LogP contribution is 2.36. The molecule has 7 nitrogen and oxygen atoms in total. The Labute approximate surface area is 184 Å². The van der Waals surface area contributed by atoms with E-state index in [9.17, 15) is 19.6 Å². The molecule has 31 heavy (non-hydrogen) atoms. The van der Waals surface area contributed by atoms with E-state index in [2.05, 4.69) is 16.1 Å². The third-order valence-corrected chi connectivity index (χ3v) is 6.08. The van der Waals surface area contributed by atoms with E-state index >= 15 is 0 Å². The molecule has 1 aromatic heterocycles. The number of anilines is 1. The van der Waals surface area contributed by atoms with Gasteiger partial charge in [-0.2, -0.15) is 5.26 Å². The normalized spacial score (nSPS) is 13.0. The van der Waals surface area contributed by atoms with Crippen molar-refractivity contribution in [1.82, 2.24) is 0 Å². The third kappa shape index (κ3) is 5.80. The van der Waals surface area contributed by atoms with Gasteiger partial charge in [-0.15, -0.1) is 11.3 Å². The van der Waals surface area contributed by atoms with Crippen LogP contribution in [0.4, 0.5) is 5.00 Å². The number of rotatable bonds is 6. The first kappa shape index (κ1) is 22.2. The van der Waals surface area contributed by atoms with Gasteiger partial charge in [0.15, 0.2) is 6.61 Å². The molecule has 0 saturated carbocycles. The Morgan fingerprint density at radius 2 is 1.90 bits per heavy atom. The molecule has 1 aliphatic carbocycles. The quantitative estimate of drug-likeness (QED) is 0.417. The third-order valence-electron chi connectivity index (χ3n) is 4.88. The van der Waals surface area contributed by atoms with Crippen LogP contribution in [0.1, 0.15) is 51.2 Å². The summed E-state index contributed by atoms with van der Waals surface area (Å²) in [6.45, 7) is -0.447. The van der Waals surface area contributed by atoms with Crippen molar-refractivity contribution < 1.29 is 23.9 Å². The number of nitrogens with one attached hydrogen (secondary N) is 1. The van der Waals surface area contributed by atoms with Crippen molar-refractivity contribution in [3.8, 4) is 6.07 Å². The van der Waals surface area contributed by atoms with Gasteiger partial charge < -0.3 is 14.8 Å². The van der Waals surface area contributed by atoms with Gasteiger partial charge in [0.25, 0.3) is 5.91 Å². The predicted molar refractivity (Wildman–Crippen MR) is 117 cm³/mol. The fourth-order valence-corrected chi connectivity index (χ4v) is 4.56. The molecule has 1 amide bonds. The van der Waals surface area contributed by atoms with E-state index in [1.165, 1.54) is 30.6 Å². The molecule has 1 aromatic carbocycles. The van der Waals surface area contributed by atoms with Crippen molar-refractivity contribution in [3.63, 3.8) is 0 Å². The molecule has 0 spiro atoms. The van der Waals surface area contributed by atoms with Gasteiger partial charge in [-0.3, -0.25) is 4.79 Å². The minimum absolute atomic E-state index is 0.404. The topological polar surface area (TPSA) is 105 Å². The van der Waals surface area contributed by atoms with Crippen molar-refractivity contribution in [1.29, 1.82) is 5.26 Å². The Hall–Kier alpha value is -3.44. The second-order valence-corrected chi connectivity index (χ2v) is 8.09. The molecule has 0 atom stereocenters. The lowest BCUT2D eigenvalue weighted by Gasteiger charge is -2.04. The molecular weight excluding hydrogens is 416 g/mol. The van der Waals surface area contributed by atoms with Crippen LogP contribution in [0.2, 0.25) is 0 Å². The molecule has 0 radical (unpaired) electrons. The first-order chi connectivity index (χ1) is 15.0. The van der Waals surface area contributed by atoms with Gasteiger partial charge in [0.1, 0.15) is 11.1 Å². The predicted octanol–water partition coefficient (Wildman–Crippen LogP) is 3.87. The average Bonchev–Trinajstić information content (AvgIpc) is 2.94. The summed E-state index contributed by atoms with van der Waals surface area (Å²) in [5, 5.41) is 12.7. The largest absolute Gasteiger partial charge is 0.465 e. The molecule has 0 fully saturated rings. The highest BCUT2D eigenvalue weighted by atomic mass is 32.1. The minimum Gasteiger partial charge on any atom is -0.465 e. The molecule has 0 aliphatic heterocycles. The van der Waals surface area contributed by atoms with E-state index in [0.29, 0.717) is 21.7 Å². The highest BCUT2D eigenvalue weighted by molar-refractivity contribution is 7.16. The number of nitriles is 1. The van der Waals surface area contributed by atoms with Crippen molar-refractivity contribution in [2.45, 2.75) is 32.1 Å². The maximum atomic E-state index is 12.2. The number of benzene rings is 1. The maximum absolute atomic E-state index is 12.2. The van der Waals surface area contributed by atoms with E-state index in [1.54, 1.807) is 24.3 Å². The van der Waals surface area contributed by atoms with Crippen LogP contribution in [0.5, 0.6) is 0 Å².